The van der Waals surface area contributed by atoms with Gasteiger partial charge in [0.25, 0.3) is 0 Å². The van der Waals surface area contributed by atoms with Crippen LogP contribution in [0, 0.1) is 5.92 Å². The number of methoxy groups -OCH3 is 1. The van der Waals surface area contributed by atoms with Crippen molar-refractivity contribution in [1.82, 2.24) is 10.6 Å². The maximum absolute atomic E-state index is 5.75. The Labute approximate surface area is 157 Å². The van der Waals surface area contributed by atoms with Crippen molar-refractivity contribution in [3.05, 3.63) is 29.8 Å². The van der Waals surface area contributed by atoms with Gasteiger partial charge in [-0.3, -0.25) is 0 Å². The van der Waals surface area contributed by atoms with Crippen LogP contribution in [0.25, 0.3) is 0 Å². The quantitative estimate of drug-likeness (QED) is 0.271. The second kappa shape index (κ2) is 13.4. The fourth-order valence-electron chi connectivity index (χ4n) is 1.78. The van der Waals surface area contributed by atoms with Gasteiger partial charge in [-0.15, -0.1) is 24.0 Å². The molecule has 0 aliphatic carbocycles. The highest BCUT2D eigenvalue weighted by atomic mass is 127. The van der Waals surface area contributed by atoms with E-state index in [4.69, 9.17) is 9.47 Å². The zero-order valence-electron chi connectivity index (χ0n) is 14.6. The molecule has 0 atom stereocenters. The Bertz CT molecular complexity index is 453. The number of rotatable bonds is 9. The summed E-state index contributed by atoms with van der Waals surface area (Å²) in [4.78, 5) is 4.58. The van der Waals surface area contributed by atoms with Crippen molar-refractivity contribution in [3.8, 4) is 5.75 Å². The molecule has 0 heterocycles. The fraction of sp³-hybridized carbons (Fsp3) is 0.588. The van der Waals surface area contributed by atoms with Crippen LogP contribution in [-0.4, -0.2) is 39.4 Å². The molecule has 132 valence electrons. The third-order valence-electron chi connectivity index (χ3n) is 2.84. The Morgan fingerprint density at radius 1 is 1.26 bits per heavy atom. The second-order valence-corrected chi connectivity index (χ2v) is 5.47. The van der Waals surface area contributed by atoms with E-state index >= 15 is 0 Å². The van der Waals surface area contributed by atoms with E-state index in [1.54, 1.807) is 7.11 Å². The molecule has 0 bridgehead atoms. The highest BCUT2D eigenvalue weighted by Crippen LogP contribution is 2.15. The summed E-state index contributed by atoms with van der Waals surface area (Å²) in [5.74, 6) is 2.22. The highest BCUT2D eigenvalue weighted by Gasteiger charge is 2.00. The number of hydrogen-bond acceptors (Lipinski definition) is 3. The van der Waals surface area contributed by atoms with E-state index in [1.165, 1.54) is 0 Å². The molecule has 1 aromatic rings. The van der Waals surface area contributed by atoms with Gasteiger partial charge in [-0.1, -0.05) is 26.0 Å². The molecule has 0 fully saturated rings. The SMILES string of the molecule is CCNC(=NCc1cccc(OCC(C)C)c1)NCCOC.I. The molecule has 1 aromatic carbocycles. The van der Waals surface area contributed by atoms with Crippen LogP contribution in [0.2, 0.25) is 0 Å². The normalized spacial score (nSPS) is 11.1. The predicted octanol–water partition coefficient (Wildman–Crippen LogP) is 3.04. The van der Waals surface area contributed by atoms with Crippen molar-refractivity contribution in [2.75, 3.05) is 33.4 Å². The van der Waals surface area contributed by atoms with Crippen LogP contribution < -0.4 is 15.4 Å². The van der Waals surface area contributed by atoms with E-state index in [0.29, 0.717) is 19.1 Å². The average Bonchev–Trinajstić information content (AvgIpc) is 2.51. The van der Waals surface area contributed by atoms with Crippen LogP contribution in [0.1, 0.15) is 26.3 Å². The first-order valence-electron chi connectivity index (χ1n) is 7.88. The second-order valence-electron chi connectivity index (χ2n) is 5.47. The van der Waals surface area contributed by atoms with E-state index in [9.17, 15) is 0 Å². The monoisotopic (exact) mass is 435 g/mol. The Morgan fingerprint density at radius 3 is 2.70 bits per heavy atom. The third kappa shape index (κ3) is 10.4. The van der Waals surface area contributed by atoms with Crippen molar-refractivity contribution in [1.29, 1.82) is 0 Å². The number of ether oxygens (including phenoxy) is 2. The molecular weight excluding hydrogens is 405 g/mol. The highest BCUT2D eigenvalue weighted by molar-refractivity contribution is 14.0. The van der Waals surface area contributed by atoms with E-state index < -0.39 is 0 Å². The summed E-state index contributed by atoms with van der Waals surface area (Å²) in [5, 5.41) is 6.45. The minimum Gasteiger partial charge on any atom is -0.493 e. The number of benzene rings is 1. The molecular formula is C17H30IN3O2. The van der Waals surface area contributed by atoms with Crippen molar-refractivity contribution >= 4 is 29.9 Å². The first kappa shape index (κ1) is 22.0. The molecule has 6 heteroatoms. The molecule has 2 N–H and O–H groups in total. The number of nitrogens with zero attached hydrogens (tertiary/aromatic N) is 1. The van der Waals surface area contributed by atoms with Gasteiger partial charge in [0.15, 0.2) is 5.96 Å². The van der Waals surface area contributed by atoms with E-state index in [2.05, 4.69) is 35.5 Å². The predicted molar refractivity (Wildman–Crippen MR) is 107 cm³/mol. The lowest BCUT2D eigenvalue weighted by Crippen LogP contribution is -2.38. The maximum atomic E-state index is 5.75. The van der Waals surface area contributed by atoms with Gasteiger partial charge in [0.1, 0.15) is 5.75 Å². The van der Waals surface area contributed by atoms with Crippen LogP contribution in [0.15, 0.2) is 29.3 Å². The summed E-state index contributed by atoms with van der Waals surface area (Å²) in [6.45, 7) is 9.90. The summed E-state index contributed by atoms with van der Waals surface area (Å²) in [7, 11) is 1.69. The third-order valence-corrected chi connectivity index (χ3v) is 2.84. The molecule has 0 radical (unpaired) electrons. The largest absolute Gasteiger partial charge is 0.493 e. The summed E-state index contributed by atoms with van der Waals surface area (Å²) < 4.78 is 10.8. The number of halogens is 1. The van der Waals surface area contributed by atoms with Gasteiger partial charge in [-0.05, 0) is 30.5 Å². The lowest BCUT2D eigenvalue weighted by atomic mass is 10.2. The Morgan fingerprint density at radius 2 is 2.04 bits per heavy atom. The van der Waals surface area contributed by atoms with Crippen LogP contribution >= 0.6 is 24.0 Å². The van der Waals surface area contributed by atoms with Gasteiger partial charge in [-0.25, -0.2) is 4.99 Å². The molecule has 0 saturated carbocycles. The molecule has 0 saturated heterocycles. The van der Waals surface area contributed by atoms with Crippen molar-refractivity contribution < 1.29 is 9.47 Å². The van der Waals surface area contributed by atoms with Crippen LogP contribution in [-0.2, 0) is 11.3 Å². The van der Waals surface area contributed by atoms with Gasteiger partial charge in [-0.2, -0.15) is 0 Å². The number of hydrogen-bond donors (Lipinski definition) is 2. The van der Waals surface area contributed by atoms with Gasteiger partial charge in [0, 0.05) is 20.2 Å². The topological polar surface area (TPSA) is 54.9 Å². The standard InChI is InChI=1S/C17H29N3O2.HI/c1-5-18-17(19-9-10-21-4)20-12-15-7-6-8-16(11-15)22-13-14(2)3;/h6-8,11,14H,5,9-10,12-13H2,1-4H3,(H2,18,19,20);1H. The van der Waals surface area contributed by atoms with Gasteiger partial charge in [0.2, 0.25) is 0 Å². The van der Waals surface area contributed by atoms with Crippen LogP contribution in [0.5, 0.6) is 5.75 Å². The van der Waals surface area contributed by atoms with Gasteiger partial charge < -0.3 is 20.1 Å². The molecule has 0 aliphatic rings. The van der Waals surface area contributed by atoms with E-state index in [0.717, 1.165) is 37.0 Å². The smallest absolute Gasteiger partial charge is 0.191 e. The zero-order chi connectivity index (χ0) is 16.2. The lowest BCUT2D eigenvalue weighted by molar-refractivity contribution is 0.203. The molecule has 5 nitrogen and oxygen atoms in total. The first-order chi connectivity index (χ1) is 10.7. The minimum atomic E-state index is 0. The lowest BCUT2D eigenvalue weighted by Gasteiger charge is -2.11. The number of nitrogens with one attached hydrogen (secondary N) is 2. The molecule has 0 unspecified atom stereocenters. The number of aliphatic imine (C=N–C) groups is 1. The van der Waals surface area contributed by atoms with Crippen molar-refractivity contribution in [2.45, 2.75) is 27.3 Å². The average molecular weight is 435 g/mol. The van der Waals surface area contributed by atoms with Crippen molar-refractivity contribution in [2.24, 2.45) is 10.9 Å². The summed E-state index contributed by atoms with van der Waals surface area (Å²) in [6.07, 6.45) is 0. The summed E-state index contributed by atoms with van der Waals surface area (Å²) in [5.41, 5.74) is 1.13. The molecule has 0 spiro atoms. The molecule has 0 aromatic heterocycles. The first-order valence-corrected chi connectivity index (χ1v) is 7.88. The van der Waals surface area contributed by atoms with E-state index in [1.807, 2.05) is 25.1 Å². The number of guanidine groups is 1. The van der Waals surface area contributed by atoms with Crippen LogP contribution in [0.3, 0.4) is 0 Å². The summed E-state index contributed by atoms with van der Waals surface area (Å²) in [6, 6.07) is 8.10. The molecule has 0 aliphatic heterocycles. The zero-order valence-corrected chi connectivity index (χ0v) is 16.9. The Kier molecular flexibility index (Phi) is 12.8. The molecule has 1 rings (SSSR count). The van der Waals surface area contributed by atoms with Crippen molar-refractivity contribution in [3.63, 3.8) is 0 Å². The van der Waals surface area contributed by atoms with E-state index in [-0.39, 0.29) is 24.0 Å². The van der Waals surface area contributed by atoms with Crippen LogP contribution in [0.4, 0.5) is 0 Å². The Hall–Kier alpha value is -1.02. The minimum absolute atomic E-state index is 0. The molecule has 0 amide bonds. The fourth-order valence-corrected chi connectivity index (χ4v) is 1.78. The molecule has 23 heavy (non-hydrogen) atoms. The van der Waals surface area contributed by atoms with Gasteiger partial charge in [0.05, 0.1) is 19.8 Å². The maximum Gasteiger partial charge on any atom is 0.191 e. The van der Waals surface area contributed by atoms with Gasteiger partial charge >= 0.3 is 0 Å². The summed E-state index contributed by atoms with van der Waals surface area (Å²) >= 11 is 0. The Balaban J connectivity index is 0.00000484.